The number of hydrogen-bond acceptors (Lipinski definition) is 3. The second-order valence-electron chi connectivity index (χ2n) is 5.21. The Bertz CT molecular complexity index is 564. The highest BCUT2D eigenvalue weighted by molar-refractivity contribution is 5.21. The Morgan fingerprint density at radius 3 is 2.60 bits per heavy atom. The van der Waals surface area contributed by atoms with Crippen molar-refractivity contribution in [1.82, 2.24) is 4.90 Å². The van der Waals surface area contributed by atoms with E-state index in [0.29, 0.717) is 11.8 Å². The Morgan fingerprint density at radius 2 is 1.90 bits per heavy atom. The molecule has 0 aliphatic carbocycles. The minimum absolute atomic E-state index is 0.0681. The van der Waals surface area contributed by atoms with Gasteiger partial charge in [-0.3, -0.25) is 4.90 Å². The first kappa shape index (κ1) is 13.3. The van der Waals surface area contributed by atoms with E-state index in [1.54, 1.807) is 6.07 Å². The van der Waals surface area contributed by atoms with Crippen LogP contribution in [0.5, 0.6) is 0 Å². The van der Waals surface area contributed by atoms with Crippen molar-refractivity contribution in [2.45, 2.75) is 32.0 Å². The normalized spacial score (nSPS) is 19.6. The number of halogens is 1. The van der Waals surface area contributed by atoms with Gasteiger partial charge in [0.1, 0.15) is 23.9 Å². The SMILES string of the molecule is OCc1ccc(CN2CCC[C@@H]2c2ccc(F)cc2)o1. The number of nitrogens with zero attached hydrogens (tertiary/aromatic N) is 1. The summed E-state index contributed by atoms with van der Waals surface area (Å²) in [5, 5.41) is 9.02. The zero-order valence-corrected chi connectivity index (χ0v) is 11.3. The molecule has 1 saturated heterocycles. The monoisotopic (exact) mass is 275 g/mol. The fraction of sp³-hybridized carbons (Fsp3) is 0.375. The number of rotatable bonds is 4. The molecule has 2 heterocycles. The van der Waals surface area contributed by atoms with E-state index in [0.717, 1.165) is 37.3 Å². The summed E-state index contributed by atoms with van der Waals surface area (Å²) in [6, 6.07) is 10.8. The summed E-state index contributed by atoms with van der Waals surface area (Å²) in [4.78, 5) is 2.34. The van der Waals surface area contributed by atoms with Crippen molar-refractivity contribution >= 4 is 0 Å². The van der Waals surface area contributed by atoms with Crippen molar-refractivity contribution in [3.8, 4) is 0 Å². The van der Waals surface area contributed by atoms with Crippen LogP contribution in [0.4, 0.5) is 4.39 Å². The lowest BCUT2D eigenvalue weighted by Crippen LogP contribution is -2.22. The molecule has 0 unspecified atom stereocenters. The quantitative estimate of drug-likeness (QED) is 0.930. The molecule has 1 fully saturated rings. The van der Waals surface area contributed by atoms with E-state index < -0.39 is 0 Å². The van der Waals surface area contributed by atoms with Crippen LogP contribution in [0.1, 0.15) is 36.0 Å². The summed E-state index contributed by atoms with van der Waals surface area (Å²) in [6.45, 7) is 1.67. The van der Waals surface area contributed by atoms with Gasteiger partial charge < -0.3 is 9.52 Å². The zero-order valence-electron chi connectivity index (χ0n) is 11.3. The maximum absolute atomic E-state index is 13.0. The first-order chi connectivity index (χ1) is 9.76. The summed E-state index contributed by atoms with van der Waals surface area (Å²) in [5.74, 6) is 1.26. The largest absolute Gasteiger partial charge is 0.462 e. The van der Waals surface area contributed by atoms with Gasteiger partial charge in [0.2, 0.25) is 0 Å². The minimum atomic E-state index is -0.197. The molecule has 0 bridgehead atoms. The molecule has 1 aliphatic heterocycles. The average Bonchev–Trinajstić information content (AvgIpc) is 3.09. The molecule has 20 heavy (non-hydrogen) atoms. The van der Waals surface area contributed by atoms with Crippen LogP contribution in [0.3, 0.4) is 0 Å². The Morgan fingerprint density at radius 1 is 1.15 bits per heavy atom. The molecule has 1 aromatic heterocycles. The van der Waals surface area contributed by atoms with Crippen LogP contribution in [0.25, 0.3) is 0 Å². The second kappa shape index (κ2) is 5.77. The third-order valence-corrected chi connectivity index (χ3v) is 3.85. The van der Waals surface area contributed by atoms with Crippen molar-refractivity contribution in [2.75, 3.05) is 6.54 Å². The number of aliphatic hydroxyl groups excluding tert-OH is 1. The first-order valence-electron chi connectivity index (χ1n) is 6.94. The summed E-state index contributed by atoms with van der Waals surface area (Å²) >= 11 is 0. The fourth-order valence-corrected chi connectivity index (χ4v) is 2.87. The summed E-state index contributed by atoms with van der Waals surface area (Å²) < 4.78 is 18.6. The molecule has 1 aliphatic rings. The van der Waals surface area contributed by atoms with Crippen LogP contribution in [0.2, 0.25) is 0 Å². The second-order valence-corrected chi connectivity index (χ2v) is 5.21. The molecule has 0 radical (unpaired) electrons. The molecule has 2 aromatic rings. The van der Waals surface area contributed by atoms with E-state index in [1.807, 2.05) is 18.2 Å². The van der Waals surface area contributed by atoms with E-state index in [4.69, 9.17) is 9.52 Å². The minimum Gasteiger partial charge on any atom is -0.462 e. The van der Waals surface area contributed by atoms with Gasteiger partial charge in [-0.1, -0.05) is 12.1 Å². The van der Waals surface area contributed by atoms with Crippen LogP contribution < -0.4 is 0 Å². The van der Waals surface area contributed by atoms with Gasteiger partial charge in [-0.2, -0.15) is 0 Å². The van der Waals surface area contributed by atoms with Crippen molar-refractivity contribution < 1.29 is 13.9 Å². The molecule has 0 amide bonds. The van der Waals surface area contributed by atoms with Gasteiger partial charge in [0.05, 0.1) is 6.54 Å². The van der Waals surface area contributed by atoms with Gasteiger partial charge in [-0.25, -0.2) is 4.39 Å². The number of hydrogen-bond donors (Lipinski definition) is 1. The molecule has 0 saturated carbocycles. The number of aliphatic hydroxyl groups is 1. The molecule has 1 aromatic carbocycles. The molecule has 106 valence electrons. The highest BCUT2D eigenvalue weighted by atomic mass is 19.1. The Labute approximate surface area is 117 Å². The maximum Gasteiger partial charge on any atom is 0.129 e. The third kappa shape index (κ3) is 2.76. The molecule has 4 heteroatoms. The van der Waals surface area contributed by atoms with Gasteiger partial charge in [0, 0.05) is 6.04 Å². The van der Waals surface area contributed by atoms with E-state index in [2.05, 4.69) is 4.90 Å². The van der Waals surface area contributed by atoms with Crippen LogP contribution >= 0.6 is 0 Å². The maximum atomic E-state index is 13.0. The van der Waals surface area contributed by atoms with Crippen molar-refractivity contribution in [2.24, 2.45) is 0 Å². The predicted molar refractivity (Wildman–Crippen MR) is 73.4 cm³/mol. The molecule has 1 N–H and O–H groups in total. The molecule has 3 nitrogen and oxygen atoms in total. The lowest BCUT2D eigenvalue weighted by Gasteiger charge is -2.23. The molecular weight excluding hydrogens is 257 g/mol. The van der Waals surface area contributed by atoms with E-state index >= 15 is 0 Å². The lowest BCUT2D eigenvalue weighted by molar-refractivity contribution is 0.210. The fourth-order valence-electron chi connectivity index (χ4n) is 2.87. The molecule has 1 atom stereocenters. The van der Waals surface area contributed by atoms with Crippen LogP contribution in [0, 0.1) is 5.82 Å². The van der Waals surface area contributed by atoms with Gasteiger partial charge in [0.25, 0.3) is 0 Å². The van der Waals surface area contributed by atoms with Gasteiger partial charge in [0.15, 0.2) is 0 Å². The van der Waals surface area contributed by atoms with Gasteiger partial charge in [-0.05, 0) is 49.2 Å². The van der Waals surface area contributed by atoms with Gasteiger partial charge in [-0.15, -0.1) is 0 Å². The lowest BCUT2D eigenvalue weighted by atomic mass is 10.0. The van der Waals surface area contributed by atoms with Crippen molar-refractivity contribution in [3.63, 3.8) is 0 Å². The Kier molecular flexibility index (Phi) is 3.85. The predicted octanol–water partition coefficient (Wildman–Crippen LogP) is 3.25. The van der Waals surface area contributed by atoms with E-state index in [1.165, 1.54) is 12.1 Å². The number of benzene rings is 1. The Balaban J connectivity index is 1.73. The summed E-state index contributed by atoms with van der Waals surface area (Å²) in [5.41, 5.74) is 1.15. The number of likely N-dealkylation sites (tertiary alicyclic amines) is 1. The van der Waals surface area contributed by atoms with Crippen LogP contribution in [-0.2, 0) is 13.2 Å². The first-order valence-corrected chi connectivity index (χ1v) is 6.94. The standard InChI is InChI=1S/C16H18FNO2/c17-13-5-3-12(4-6-13)16-2-1-9-18(16)10-14-7-8-15(11-19)20-14/h3-8,16,19H,1-2,9-11H2/t16-/m1/s1. The Hall–Kier alpha value is -1.65. The highest BCUT2D eigenvalue weighted by Crippen LogP contribution is 2.33. The van der Waals surface area contributed by atoms with Crippen LogP contribution in [-0.4, -0.2) is 16.6 Å². The van der Waals surface area contributed by atoms with Crippen molar-refractivity contribution in [3.05, 3.63) is 59.3 Å². The zero-order chi connectivity index (χ0) is 13.9. The molecular formula is C16H18FNO2. The highest BCUT2D eigenvalue weighted by Gasteiger charge is 2.26. The molecule has 3 rings (SSSR count). The van der Waals surface area contributed by atoms with E-state index in [9.17, 15) is 4.39 Å². The van der Waals surface area contributed by atoms with Gasteiger partial charge >= 0.3 is 0 Å². The topological polar surface area (TPSA) is 36.6 Å². The third-order valence-electron chi connectivity index (χ3n) is 3.85. The van der Waals surface area contributed by atoms with Crippen LogP contribution in [0.15, 0.2) is 40.8 Å². The smallest absolute Gasteiger partial charge is 0.129 e. The van der Waals surface area contributed by atoms with Crippen molar-refractivity contribution in [1.29, 1.82) is 0 Å². The average molecular weight is 275 g/mol. The summed E-state index contributed by atoms with van der Waals surface area (Å²) in [6.07, 6.45) is 2.22. The van der Waals surface area contributed by atoms with E-state index in [-0.39, 0.29) is 12.4 Å². The number of furan rings is 1. The molecule has 0 spiro atoms. The summed E-state index contributed by atoms with van der Waals surface area (Å²) in [7, 11) is 0.